The van der Waals surface area contributed by atoms with Crippen molar-refractivity contribution >= 4 is 11.0 Å². The Morgan fingerprint density at radius 2 is 1.80 bits per heavy atom. The molecule has 0 unspecified atom stereocenters. The average Bonchev–Trinajstić information content (AvgIpc) is 3.23. The zero-order chi connectivity index (χ0) is 20.3. The van der Waals surface area contributed by atoms with Gasteiger partial charge >= 0.3 is 5.69 Å². The van der Waals surface area contributed by atoms with Crippen LogP contribution in [0.4, 0.5) is 0 Å². The van der Waals surface area contributed by atoms with Crippen molar-refractivity contribution in [2.45, 2.75) is 6.54 Å². The van der Waals surface area contributed by atoms with E-state index in [2.05, 4.69) is 19.4 Å². The van der Waals surface area contributed by atoms with Crippen molar-refractivity contribution in [3.63, 3.8) is 0 Å². The Labute approximate surface area is 174 Å². The van der Waals surface area contributed by atoms with Crippen LogP contribution >= 0.6 is 0 Å². The molecule has 1 aliphatic rings. The van der Waals surface area contributed by atoms with Gasteiger partial charge in [0.15, 0.2) is 0 Å². The normalized spacial score (nSPS) is 14.9. The summed E-state index contributed by atoms with van der Waals surface area (Å²) in [6.07, 6.45) is 3.65. The van der Waals surface area contributed by atoms with Crippen molar-refractivity contribution in [1.82, 2.24) is 24.0 Å². The molecule has 0 atom stereocenters. The molecule has 7 nitrogen and oxygen atoms in total. The Kier molecular flexibility index (Phi) is 5.13. The zero-order valence-electron chi connectivity index (χ0n) is 16.6. The van der Waals surface area contributed by atoms with Crippen LogP contribution in [0.3, 0.4) is 0 Å². The first-order chi connectivity index (χ1) is 14.8. The lowest BCUT2D eigenvalue weighted by molar-refractivity contribution is 0.0362. The number of rotatable bonds is 5. The largest absolute Gasteiger partial charge is 0.379 e. The predicted octanol–water partition coefficient (Wildman–Crippen LogP) is 2.58. The van der Waals surface area contributed by atoms with Crippen LogP contribution < -0.4 is 5.69 Å². The minimum absolute atomic E-state index is 0.226. The van der Waals surface area contributed by atoms with Gasteiger partial charge in [0.2, 0.25) is 0 Å². The minimum Gasteiger partial charge on any atom is -0.379 e. The van der Waals surface area contributed by atoms with Gasteiger partial charge in [-0.15, -0.1) is 0 Å². The highest BCUT2D eigenvalue weighted by Gasteiger charge is 2.11. The fraction of sp³-hybridized carbons (Fsp3) is 0.261. The maximum Gasteiger partial charge on any atom is 0.348 e. The van der Waals surface area contributed by atoms with E-state index in [1.807, 2.05) is 67.1 Å². The van der Waals surface area contributed by atoms with E-state index in [0.717, 1.165) is 55.1 Å². The molecule has 0 radical (unpaired) electrons. The van der Waals surface area contributed by atoms with Crippen molar-refractivity contribution in [2.24, 2.45) is 0 Å². The number of fused-ring (bicyclic) bond motifs is 1. The second-order valence-corrected chi connectivity index (χ2v) is 7.40. The van der Waals surface area contributed by atoms with E-state index in [1.54, 1.807) is 4.57 Å². The number of ether oxygens (including phenoxy) is 1. The van der Waals surface area contributed by atoms with Crippen molar-refractivity contribution in [1.29, 1.82) is 0 Å². The highest BCUT2D eigenvalue weighted by atomic mass is 16.5. The van der Waals surface area contributed by atoms with E-state index in [1.165, 1.54) is 0 Å². The van der Waals surface area contributed by atoms with Gasteiger partial charge in [-0.1, -0.05) is 24.3 Å². The van der Waals surface area contributed by atoms with Gasteiger partial charge in [0.25, 0.3) is 0 Å². The van der Waals surface area contributed by atoms with Crippen LogP contribution in [-0.2, 0) is 11.3 Å². The van der Waals surface area contributed by atoms with Crippen LogP contribution in [0.2, 0.25) is 0 Å². The quantitative estimate of drug-likeness (QED) is 0.514. The summed E-state index contributed by atoms with van der Waals surface area (Å²) in [6, 6.07) is 18.0. The van der Waals surface area contributed by atoms with Gasteiger partial charge in [0.05, 0.1) is 29.9 Å². The number of morpholine rings is 1. The molecule has 4 aromatic rings. The summed E-state index contributed by atoms with van der Waals surface area (Å²) in [6.45, 7) is 4.80. The SMILES string of the molecule is O=c1nc(-c2ccc3c(c2)ncn3-c2ccccc2)ccn1CCN1CCOCC1. The summed E-state index contributed by atoms with van der Waals surface area (Å²) < 4.78 is 9.09. The number of hydrogen-bond acceptors (Lipinski definition) is 5. The first-order valence-electron chi connectivity index (χ1n) is 10.2. The van der Waals surface area contributed by atoms with Crippen molar-refractivity contribution < 1.29 is 4.74 Å². The molecule has 0 spiro atoms. The number of benzene rings is 2. The maximum absolute atomic E-state index is 12.5. The lowest BCUT2D eigenvalue weighted by atomic mass is 10.1. The molecule has 5 rings (SSSR count). The van der Waals surface area contributed by atoms with Gasteiger partial charge in [-0.2, -0.15) is 4.98 Å². The lowest BCUT2D eigenvalue weighted by Crippen LogP contribution is -2.39. The molecule has 0 N–H and O–H groups in total. The number of aromatic nitrogens is 4. The number of nitrogens with zero attached hydrogens (tertiary/aromatic N) is 5. The van der Waals surface area contributed by atoms with E-state index < -0.39 is 0 Å². The Hall–Kier alpha value is -3.29. The summed E-state index contributed by atoms with van der Waals surface area (Å²) in [4.78, 5) is 23.7. The van der Waals surface area contributed by atoms with Gasteiger partial charge in [-0.05, 0) is 30.3 Å². The molecule has 3 heterocycles. The van der Waals surface area contributed by atoms with Crippen LogP contribution in [0.1, 0.15) is 0 Å². The molecule has 152 valence electrons. The predicted molar refractivity (Wildman–Crippen MR) is 116 cm³/mol. The van der Waals surface area contributed by atoms with E-state index in [0.29, 0.717) is 12.2 Å². The topological polar surface area (TPSA) is 65.2 Å². The minimum atomic E-state index is -0.226. The number of imidazole rings is 1. The highest BCUT2D eigenvalue weighted by molar-refractivity contribution is 5.82. The molecule has 1 aliphatic heterocycles. The Bertz CT molecular complexity index is 1210. The average molecular weight is 401 g/mol. The van der Waals surface area contributed by atoms with Gasteiger partial charge < -0.3 is 4.74 Å². The number of para-hydroxylation sites is 1. The van der Waals surface area contributed by atoms with Crippen molar-refractivity contribution in [3.8, 4) is 16.9 Å². The molecule has 2 aromatic heterocycles. The molecule has 30 heavy (non-hydrogen) atoms. The Morgan fingerprint density at radius 3 is 2.60 bits per heavy atom. The van der Waals surface area contributed by atoms with Gasteiger partial charge in [0, 0.05) is 43.6 Å². The summed E-state index contributed by atoms with van der Waals surface area (Å²) in [5.41, 5.74) is 4.28. The zero-order valence-corrected chi connectivity index (χ0v) is 16.6. The standard InChI is InChI=1S/C23H23N5O2/c29-23-25-20(8-9-27(23)11-10-26-12-14-30-15-13-26)18-6-7-22-21(16-18)24-17-28(22)19-4-2-1-3-5-19/h1-9,16-17H,10-15H2. The van der Waals surface area contributed by atoms with Gasteiger partial charge in [-0.3, -0.25) is 14.0 Å². The summed E-state index contributed by atoms with van der Waals surface area (Å²) in [5.74, 6) is 0. The molecule has 1 saturated heterocycles. The van der Waals surface area contributed by atoms with Gasteiger partial charge in [0.1, 0.15) is 6.33 Å². The molecule has 0 amide bonds. The van der Waals surface area contributed by atoms with E-state index in [9.17, 15) is 4.79 Å². The lowest BCUT2D eigenvalue weighted by Gasteiger charge is -2.26. The molecular formula is C23H23N5O2. The van der Waals surface area contributed by atoms with Gasteiger partial charge in [-0.25, -0.2) is 9.78 Å². The fourth-order valence-electron chi connectivity index (χ4n) is 3.80. The van der Waals surface area contributed by atoms with Crippen LogP contribution in [0.15, 0.2) is 71.9 Å². The van der Waals surface area contributed by atoms with E-state index in [-0.39, 0.29) is 5.69 Å². The van der Waals surface area contributed by atoms with Crippen molar-refractivity contribution in [2.75, 3.05) is 32.8 Å². The third-order valence-corrected chi connectivity index (χ3v) is 5.51. The van der Waals surface area contributed by atoms with Crippen LogP contribution in [-0.4, -0.2) is 56.9 Å². The second-order valence-electron chi connectivity index (χ2n) is 7.40. The fourth-order valence-corrected chi connectivity index (χ4v) is 3.80. The second kappa shape index (κ2) is 8.22. The molecule has 0 bridgehead atoms. The smallest absolute Gasteiger partial charge is 0.348 e. The third-order valence-electron chi connectivity index (χ3n) is 5.51. The van der Waals surface area contributed by atoms with Crippen LogP contribution in [0.5, 0.6) is 0 Å². The van der Waals surface area contributed by atoms with E-state index >= 15 is 0 Å². The first kappa shape index (κ1) is 18.7. The van der Waals surface area contributed by atoms with Crippen LogP contribution in [0.25, 0.3) is 28.0 Å². The Balaban J connectivity index is 1.37. The van der Waals surface area contributed by atoms with Crippen LogP contribution in [0, 0.1) is 0 Å². The first-order valence-corrected chi connectivity index (χ1v) is 10.2. The monoisotopic (exact) mass is 401 g/mol. The third kappa shape index (κ3) is 3.77. The Morgan fingerprint density at radius 1 is 0.967 bits per heavy atom. The number of hydrogen-bond donors (Lipinski definition) is 0. The molecule has 2 aromatic carbocycles. The molecule has 0 aliphatic carbocycles. The molecule has 7 heteroatoms. The maximum atomic E-state index is 12.5. The highest BCUT2D eigenvalue weighted by Crippen LogP contribution is 2.23. The molecule has 1 fully saturated rings. The summed E-state index contributed by atoms with van der Waals surface area (Å²) in [7, 11) is 0. The summed E-state index contributed by atoms with van der Waals surface area (Å²) in [5, 5.41) is 0. The molecular weight excluding hydrogens is 378 g/mol. The van der Waals surface area contributed by atoms with Crippen molar-refractivity contribution in [3.05, 3.63) is 77.6 Å². The summed E-state index contributed by atoms with van der Waals surface area (Å²) >= 11 is 0. The molecule has 0 saturated carbocycles. The van der Waals surface area contributed by atoms with E-state index in [4.69, 9.17) is 4.74 Å².